The molecule has 288 valence electrons. The van der Waals surface area contributed by atoms with Crippen molar-refractivity contribution in [1.29, 1.82) is 0 Å². The minimum absolute atomic E-state index is 0.00130. The van der Waals surface area contributed by atoms with Crippen LogP contribution in [0.1, 0.15) is 62.1 Å². The Kier molecular flexibility index (Phi) is 12.6. The van der Waals surface area contributed by atoms with Crippen LogP contribution in [0, 0.1) is 11.3 Å². The standard InChI is InChI=1S/C38H49N3O11S/c1-38(2,16-7-4-8-17-39-35(43)32-12-9-18-47-32)24-41(53(45,46)27-13-14-31-33(21-27)51-25-50-31)22-30(42)29(20-26-10-5-3-6-11-26)40-37(44)52-34-23-49-36-28(34)15-19-48-36/h3,5-6,9-14,18,21,28-30,34,36,42H,4,7-8,15-17,19-20,22-25H2,1-2H3,(H,39,43)(H,40,44)/t28-,29-,30+,34-,36+/m0/s1. The van der Waals surface area contributed by atoms with E-state index in [4.69, 9.17) is 28.1 Å². The van der Waals surface area contributed by atoms with Gasteiger partial charge in [-0.2, -0.15) is 4.31 Å². The summed E-state index contributed by atoms with van der Waals surface area (Å²) in [5, 5.41) is 17.5. The molecule has 53 heavy (non-hydrogen) atoms. The van der Waals surface area contributed by atoms with E-state index in [1.807, 2.05) is 44.2 Å². The summed E-state index contributed by atoms with van der Waals surface area (Å²) in [5.41, 5.74) is 0.334. The third kappa shape index (κ3) is 10.1. The molecule has 3 aromatic rings. The fourth-order valence-corrected chi connectivity index (χ4v) is 8.61. The lowest BCUT2D eigenvalue weighted by atomic mass is 9.86. The molecule has 1 aromatic heterocycles. The SMILES string of the molecule is CC(C)(CCCCCNC(=O)c1ccco1)CN(C[C@@H](O)[C@H](Cc1ccccc1)NC(=O)O[C@H]1CO[C@H]2OCC[C@H]21)S(=O)(=O)c1ccc2c(c1)OCO2. The van der Waals surface area contributed by atoms with Gasteiger partial charge in [0.05, 0.1) is 42.4 Å². The number of nitrogens with zero attached hydrogens (tertiary/aromatic N) is 1. The molecule has 2 fully saturated rings. The number of alkyl carbamates (subject to hydrolysis) is 1. The molecule has 3 aliphatic heterocycles. The summed E-state index contributed by atoms with van der Waals surface area (Å²) >= 11 is 0. The van der Waals surface area contributed by atoms with Crippen molar-refractivity contribution in [2.75, 3.05) is 39.6 Å². The first-order valence-corrected chi connectivity index (χ1v) is 19.6. The van der Waals surface area contributed by atoms with Crippen LogP contribution in [0.4, 0.5) is 4.79 Å². The third-order valence-corrected chi connectivity index (χ3v) is 11.7. The number of aliphatic hydroxyl groups is 1. The van der Waals surface area contributed by atoms with E-state index in [1.165, 1.54) is 22.7 Å². The first-order chi connectivity index (χ1) is 25.5. The lowest BCUT2D eigenvalue weighted by Gasteiger charge is -2.35. The number of carbonyl (C=O) groups is 2. The van der Waals surface area contributed by atoms with Gasteiger partial charge in [0.15, 0.2) is 23.5 Å². The summed E-state index contributed by atoms with van der Waals surface area (Å²) < 4.78 is 63.0. The first kappa shape index (κ1) is 38.6. The van der Waals surface area contributed by atoms with Gasteiger partial charge in [0.1, 0.15) is 6.10 Å². The molecule has 0 aliphatic carbocycles. The Morgan fingerprint density at radius 2 is 1.83 bits per heavy atom. The van der Waals surface area contributed by atoms with Gasteiger partial charge in [-0.3, -0.25) is 4.79 Å². The predicted molar refractivity (Wildman–Crippen MR) is 192 cm³/mol. The number of aliphatic hydroxyl groups excluding tert-OH is 1. The molecular formula is C38H49N3O11S. The lowest BCUT2D eigenvalue weighted by Crippen LogP contribution is -2.52. The van der Waals surface area contributed by atoms with Gasteiger partial charge >= 0.3 is 6.09 Å². The number of nitrogens with one attached hydrogen (secondary N) is 2. The number of hydrogen-bond acceptors (Lipinski definition) is 11. The van der Waals surface area contributed by atoms with E-state index >= 15 is 0 Å². The molecule has 0 spiro atoms. The number of sulfonamides is 1. The Hall–Kier alpha value is -4.15. The van der Waals surface area contributed by atoms with E-state index in [2.05, 4.69) is 10.6 Å². The van der Waals surface area contributed by atoms with Crippen LogP contribution in [-0.2, 0) is 30.7 Å². The zero-order valence-corrected chi connectivity index (χ0v) is 30.9. The number of benzene rings is 2. The highest BCUT2D eigenvalue weighted by atomic mass is 32.2. The Morgan fingerprint density at radius 1 is 1.02 bits per heavy atom. The van der Waals surface area contributed by atoms with Gasteiger partial charge in [0, 0.05) is 25.7 Å². The highest BCUT2D eigenvalue weighted by molar-refractivity contribution is 7.89. The van der Waals surface area contributed by atoms with E-state index in [0.717, 1.165) is 24.8 Å². The maximum atomic E-state index is 14.4. The number of ether oxygens (including phenoxy) is 5. The Bertz CT molecular complexity index is 1770. The van der Waals surface area contributed by atoms with Crippen LogP contribution < -0.4 is 20.1 Å². The molecule has 5 atom stereocenters. The zero-order valence-electron chi connectivity index (χ0n) is 30.1. The fourth-order valence-electron chi connectivity index (χ4n) is 6.95. The largest absolute Gasteiger partial charge is 0.459 e. The van der Waals surface area contributed by atoms with E-state index < -0.39 is 46.1 Å². The van der Waals surface area contributed by atoms with Crippen molar-refractivity contribution in [3.05, 3.63) is 78.3 Å². The van der Waals surface area contributed by atoms with Crippen LogP contribution >= 0.6 is 0 Å². The Labute approximate surface area is 310 Å². The second-order valence-corrected chi connectivity index (χ2v) is 16.4. The van der Waals surface area contributed by atoms with Crippen molar-refractivity contribution >= 4 is 22.0 Å². The minimum Gasteiger partial charge on any atom is -0.459 e. The van der Waals surface area contributed by atoms with Crippen molar-refractivity contribution in [2.45, 2.75) is 81.8 Å². The maximum absolute atomic E-state index is 14.4. The van der Waals surface area contributed by atoms with Crippen LogP contribution in [-0.4, -0.2) is 94.0 Å². The number of rotatable bonds is 18. The fraction of sp³-hybridized carbons (Fsp3) is 0.526. The normalized spacial score (nSPS) is 20.6. The number of furan rings is 1. The van der Waals surface area contributed by atoms with Crippen molar-refractivity contribution in [1.82, 2.24) is 14.9 Å². The highest BCUT2D eigenvalue weighted by Crippen LogP contribution is 2.36. The van der Waals surface area contributed by atoms with E-state index in [9.17, 15) is 23.1 Å². The number of fused-ring (bicyclic) bond motifs is 2. The van der Waals surface area contributed by atoms with Gasteiger partial charge in [-0.05, 0) is 60.9 Å². The van der Waals surface area contributed by atoms with Crippen LogP contribution in [0.5, 0.6) is 11.5 Å². The molecule has 14 nitrogen and oxygen atoms in total. The quantitative estimate of drug-likeness (QED) is 0.156. The molecule has 15 heteroatoms. The van der Waals surface area contributed by atoms with Crippen LogP contribution in [0.3, 0.4) is 0 Å². The van der Waals surface area contributed by atoms with Crippen LogP contribution in [0.2, 0.25) is 0 Å². The Morgan fingerprint density at radius 3 is 2.62 bits per heavy atom. The summed E-state index contributed by atoms with van der Waals surface area (Å²) in [6.45, 7) is 4.97. The topological polar surface area (TPSA) is 175 Å². The predicted octanol–water partition coefficient (Wildman–Crippen LogP) is 4.48. The highest BCUT2D eigenvalue weighted by Gasteiger charge is 2.44. The summed E-state index contributed by atoms with van der Waals surface area (Å²) in [5.74, 6) is 0.697. The molecule has 2 aromatic carbocycles. The van der Waals surface area contributed by atoms with Gasteiger partial charge in [-0.15, -0.1) is 0 Å². The van der Waals surface area contributed by atoms with Crippen LogP contribution in [0.15, 0.2) is 76.2 Å². The Balaban J connectivity index is 1.14. The molecule has 0 radical (unpaired) electrons. The smallest absolute Gasteiger partial charge is 0.407 e. The van der Waals surface area contributed by atoms with Crippen molar-refractivity contribution in [3.8, 4) is 11.5 Å². The number of unbranched alkanes of at least 4 members (excludes halogenated alkanes) is 2. The minimum atomic E-state index is -4.18. The van der Waals surface area contributed by atoms with E-state index in [0.29, 0.717) is 37.5 Å². The summed E-state index contributed by atoms with van der Waals surface area (Å²) in [6, 6.07) is 16.2. The molecule has 2 amide bonds. The summed E-state index contributed by atoms with van der Waals surface area (Å²) in [4.78, 5) is 25.5. The second-order valence-electron chi connectivity index (χ2n) is 14.5. The number of carbonyl (C=O) groups excluding carboxylic acids is 2. The van der Waals surface area contributed by atoms with Crippen molar-refractivity contribution < 1.29 is 51.2 Å². The third-order valence-electron chi connectivity index (χ3n) is 9.85. The van der Waals surface area contributed by atoms with E-state index in [-0.39, 0.29) is 55.4 Å². The van der Waals surface area contributed by atoms with Gasteiger partial charge < -0.3 is 43.8 Å². The van der Waals surface area contributed by atoms with Gasteiger partial charge in [0.2, 0.25) is 16.8 Å². The summed E-state index contributed by atoms with van der Waals surface area (Å²) in [7, 11) is -4.18. The van der Waals surface area contributed by atoms with Gasteiger partial charge in [-0.1, -0.05) is 57.0 Å². The molecule has 0 bridgehead atoms. The molecular weight excluding hydrogens is 706 g/mol. The average molecular weight is 756 g/mol. The molecule has 3 N–H and O–H groups in total. The number of amides is 2. The molecule has 0 unspecified atom stereocenters. The number of hydrogen-bond donors (Lipinski definition) is 3. The molecule has 2 saturated heterocycles. The second kappa shape index (κ2) is 17.3. The first-order valence-electron chi connectivity index (χ1n) is 18.1. The van der Waals surface area contributed by atoms with Gasteiger partial charge in [0.25, 0.3) is 5.91 Å². The monoisotopic (exact) mass is 755 g/mol. The van der Waals surface area contributed by atoms with Crippen molar-refractivity contribution in [2.24, 2.45) is 11.3 Å². The van der Waals surface area contributed by atoms with Gasteiger partial charge in [-0.25, -0.2) is 13.2 Å². The van der Waals surface area contributed by atoms with E-state index in [1.54, 1.807) is 18.2 Å². The lowest BCUT2D eigenvalue weighted by molar-refractivity contribution is -0.0907. The zero-order chi connectivity index (χ0) is 37.4. The maximum Gasteiger partial charge on any atom is 0.407 e. The molecule has 3 aliphatic rings. The average Bonchev–Trinajstić information content (AvgIpc) is 3.96. The molecule has 4 heterocycles. The molecule has 0 saturated carbocycles. The van der Waals surface area contributed by atoms with Crippen LogP contribution in [0.25, 0.3) is 0 Å². The van der Waals surface area contributed by atoms with Crippen molar-refractivity contribution in [3.63, 3.8) is 0 Å². The molecule has 6 rings (SSSR count). The summed E-state index contributed by atoms with van der Waals surface area (Å²) in [6.07, 6.45) is 2.47.